The van der Waals surface area contributed by atoms with Crippen LogP contribution in [0, 0.1) is 5.39 Å². The Morgan fingerprint density at radius 3 is 1.87 bits per heavy atom. The number of rotatable bonds is 9. The molecule has 0 spiro atoms. The molecule has 1 aliphatic rings. The van der Waals surface area contributed by atoms with E-state index in [-0.39, 0.29) is 0 Å². The minimum atomic E-state index is -11.1. The van der Waals surface area contributed by atoms with Crippen LogP contribution in [0.25, 0.3) is 4.98 Å². The molecule has 1 heterocycles. The first-order valence-corrected chi connectivity index (χ1v) is 14.2. The molecule has 0 atom stereocenters. The molecule has 0 N–H and O–H groups in total. The molecule has 0 aromatic heterocycles. The van der Waals surface area contributed by atoms with Crippen LogP contribution in [0.3, 0.4) is 0 Å². The van der Waals surface area contributed by atoms with Crippen molar-refractivity contribution in [2.45, 2.75) is 39.5 Å². The first-order valence-electron chi connectivity index (χ1n) is 9.93. The van der Waals surface area contributed by atoms with Gasteiger partial charge in [0, 0.05) is 19.2 Å². The average molecular weight is 523 g/mol. The normalized spacial score (nSPS) is 16.3. The Balaban J connectivity index is 0.000000592. The number of nitrogens with zero attached hydrogens (tertiary/aromatic N) is 3. The summed E-state index contributed by atoms with van der Waals surface area (Å²) < 4.78 is 76.6. The van der Waals surface area contributed by atoms with E-state index in [0.29, 0.717) is 37.9 Å². The van der Waals surface area contributed by atoms with Gasteiger partial charge in [-0.2, -0.15) is 0 Å². The summed E-state index contributed by atoms with van der Waals surface area (Å²) in [5.74, 6) is 1.33. The molecule has 0 radical (unpaired) electrons. The number of hydrogen-bond donors (Lipinski definition) is 0. The number of benzene rings is 1. The Labute approximate surface area is 178 Å². The third-order valence-electron chi connectivity index (χ3n) is 4.01. The molecule has 0 bridgehead atoms. The van der Waals surface area contributed by atoms with E-state index in [4.69, 9.17) is 14.2 Å². The summed E-state index contributed by atoms with van der Waals surface area (Å²) in [6.07, 6.45) is 4.08. The van der Waals surface area contributed by atoms with Gasteiger partial charge in [-0.05, 0) is 12.8 Å². The Bertz CT molecular complexity index is 739. The van der Waals surface area contributed by atoms with Crippen LogP contribution in [0.2, 0.25) is 0 Å². The number of anilines is 1. The SMILES string of the molecule is CCCCOc1cc(N2CCOCC2)c(OCCCC)cc1[N+]#N.F[As-](F)(F)(F)(F)F. The third kappa shape index (κ3) is 13.2. The standard InChI is InChI=1S/C18H28N3O3.AsF6/c1-3-5-9-23-17-14-16(21-7-11-22-12-8-21)18(13-15(17)20-19)24-10-6-4-2;2-1(3,4,5,6)7/h13-14H,3-12H2,1-2H3;/q+1;-1. The molecule has 2 rings (SSSR count). The molecule has 1 aliphatic heterocycles. The van der Waals surface area contributed by atoms with Crippen molar-refractivity contribution in [1.82, 2.24) is 0 Å². The van der Waals surface area contributed by atoms with E-state index >= 15 is 0 Å². The van der Waals surface area contributed by atoms with Crippen LogP contribution in [0.4, 0.5) is 32.2 Å². The van der Waals surface area contributed by atoms with Crippen molar-refractivity contribution >= 4 is 25.5 Å². The monoisotopic (exact) mass is 523 g/mol. The fourth-order valence-electron chi connectivity index (χ4n) is 2.55. The second-order valence-corrected chi connectivity index (χ2v) is 10.9. The minimum absolute atomic E-state index is 0.412. The fraction of sp³-hybridized carbons (Fsp3) is 0.667. The molecule has 1 aromatic carbocycles. The summed E-state index contributed by atoms with van der Waals surface area (Å²) in [5.41, 5.74) is 1.39. The number of unbranched alkanes of at least 4 members (excludes halogenated alkanes) is 2. The quantitative estimate of drug-likeness (QED) is 0.160. The van der Waals surface area contributed by atoms with Gasteiger partial charge in [-0.25, -0.2) is 0 Å². The summed E-state index contributed by atoms with van der Waals surface area (Å²) in [5, 5.41) is 9.33. The van der Waals surface area contributed by atoms with Gasteiger partial charge < -0.3 is 19.1 Å². The molecule has 0 unspecified atom stereocenters. The van der Waals surface area contributed by atoms with E-state index in [1.165, 1.54) is 0 Å². The maximum atomic E-state index is 9.91. The van der Waals surface area contributed by atoms with Crippen molar-refractivity contribution in [3.8, 4) is 11.5 Å². The Morgan fingerprint density at radius 2 is 1.42 bits per heavy atom. The molecule has 6 nitrogen and oxygen atoms in total. The molecule has 0 saturated carbocycles. The van der Waals surface area contributed by atoms with Crippen LogP contribution in [-0.2, 0) is 4.74 Å². The van der Waals surface area contributed by atoms with Crippen LogP contribution in [-0.4, -0.2) is 53.7 Å². The van der Waals surface area contributed by atoms with Crippen LogP contribution in [0.5, 0.6) is 11.5 Å². The molecule has 1 fully saturated rings. The van der Waals surface area contributed by atoms with Crippen molar-refractivity contribution in [1.29, 1.82) is 5.39 Å². The Morgan fingerprint density at radius 1 is 0.935 bits per heavy atom. The summed E-state index contributed by atoms with van der Waals surface area (Å²) in [6.45, 7) is 8.53. The van der Waals surface area contributed by atoms with Crippen LogP contribution >= 0.6 is 0 Å². The fourth-order valence-corrected chi connectivity index (χ4v) is 2.55. The Kier molecular flexibility index (Phi) is 9.32. The van der Waals surface area contributed by atoms with E-state index < -0.39 is 14.2 Å². The van der Waals surface area contributed by atoms with Gasteiger partial charge in [0.2, 0.25) is 11.1 Å². The first kappa shape index (κ1) is 27.2. The van der Waals surface area contributed by atoms with Gasteiger partial charge in [0.1, 0.15) is 0 Å². The van der Waals surface area contributed by atoms with Gasteiger partial charge in [-0.1, -0.05) is 26.7 Å². The van der Waals surface area contributed by atoms with Crippen LogP contribution in [0.1, 0.15) is 39.5 Å². The molecule has 1 aromatic rings. The van der Waals surface area contributed by atoms with Crippen LogP contribution in [0.15, 0.2) is 12.1 Å². The third-order valence-corrected chi connectivity index (χ3v) is 4.01. The molecule has 31 heavy (non-hydrogen) atoms. The van der Waals surface area contributed by atoms with E-state index in [9.17, 15) is 26.2 Å². The van der Waals surface area contributed by atoms with Gasteiger partial charge >= 0.3 is 40.7 Å². The van der Waals surface area contributed by atoms with Gasteiger partial charge in [0.25, 0.3) is 0 Å². The number of halogens is 6. The van der Waals surface area contributed by atoms with E-state index in [2.05, 4.69) is 23.7 Å². The summed E-state index contributed by atoms with van der Waals surface area (Å²) in [6, 6.07) is 3.69. The average Bonchev–Trinajstić information content (AvgIpc) is 2.67. The number of morpholine rings is 1. The van der Waals surface area contributed by atoms with Crippen molar-refractivity contribution in [2.24, 2.45) is 0 Å². The Hall–Kier alpha value is -1.86. The second kappa shape index (κ2) is 10.6. The number of diazo groups is 1. The van der Waals surface area contributed by atoms with Gasteiger partial charge in [-0.3, -0.25) is 0 Å². The van der Waals surface area contributed by atoms with Crippen molar-refractivity contribution in [3.63, 3.8) is 0 Å². The molecule has 0 aliphatic carbocycles. The second-order valence-electron chi connectivity index (χ2n) is 6.85. The molecular formula is C18H28AsF6N3O3. The summed E-state index contributed by atoms with van der Waals surface area (Å²) >= 11 is -11.1. The van der Waals surface area contributed by atoms with E-state index in [1.54, 1.807) is 6.07 Å². The van der Waals surface area contributed by atoms with Crippen molar-refractivity contribution < 1.29 is 35.0 Å². The molecule has 180 valence electrons. The van der Waals surface area contributed by atoms with Crippen molar-refractivity contribution in [3.05, 3.63) is 17.1 Å². The zero-order chi connectivity index (χ0) is 23.6. The summed E-state index contributed by atoms with van der Waals surface area (Å²) in [4.78, 5) is 5.61. The van der Waals surface area contributed by atoms with Crippen LogP contribution < -0.4 is 14.4 Å². The zero-order valence-corrected chi connectivity index (χ0v) is 19.4. The molecule has 13 heteroatoms. The number of ether oxygens (including phenoxy) is 3. The van der Waals surface area contributed by atoms with E-state index in [1.807, 2.05) is 6.07 Å². The van der Waals surface area contributed by atoms with Gasteiger partial charge in [0.05, 0.1) is 38.2 Å². The predicted molar refractivity (Wildman–Crippen MR) is 107 cm³/mol. The van der Waals surface area contributed by atoms with Crippen molar-refractivity contribution in [2.75, 3.05) is 44.4 Å². The molecule has 1 saturated heterocycles. The van der Waals surface area contributed by atoms with Gasteiger partial charge in [0.15, 0.2) is 10.7 Å². The van der Waals surface area contributed by atoms with E-state index in [0.717, 1.165) is 50.2 Å². The first-order chi connectivity index (χ1) is 14.2. The number of hydrogen-bond acceptors (Lipinski definition) is 5. The predicted octanol–water partition coefficient (Wildman–Crippen LogP) is 6.51. The maximum absolute atomic E-state index is 11.1. The zero-order valence-electron chi connectivity index (χ0n) is 17.5. The topological polar surface area (TPSA) is 59.1 Å². The molecular weight excluding hydrogens is 495 g/mol. The summed E-state index contributed by atoms with van der Waals surface area (Å²) in [7, 11) is 0. The van der Waals surface area contributed by atoms with Gasteiger partial charge in [-0.15, -0.1) is 0 Å². The molecule has 0 amide bonds.